The van der Waals surface area contributed by atoms with Crippen LogP contribution >= 0.6 is 15.9 Å². The van der Waals surface area contributed by atoms with Crippen molar-refractivity contribution in [2.45, 2.75) is 12.6 Å². The van der Waals surface area contributed by atoms with E-state index in [1.807, 2.05) is 48.5 Å². The predicted molar refractivity (Wildman–Crippen MR) is 111 cm³/mol. The van der Waals surface area contributed by atoms with E-state index in [9.17, 15) is 4.79 Å². The molecule has 0 atom stereocenters. The van der Waals surface area contributed by atoms with Crippen LogP contribution in [0.1, 0.15) is 22.9 Å². The Hall–Kier alpha value is -2.76. The second-order valence-electron chi connectivity index (χ2n) is 6.30. The molecule has 0 aliphatic heterocycles. The Morgan fingerprint density at radius 3 is 2.19 bits per heavy atom. The van der Waals surface area contributed by atoms with Crippen LogP contribution in [0.3, 0.4) is 0 Å². The zero-order valence-corrected chi connectivity index (χ0v) is 16.1. The summed E-state index contributed by atoms with van der Waals surface area (Å²) in [5.41, 5.74) is 3.61. The molecule has 0 fully saturated rings. The SMILES string of the molecule is O=c1cc(CNC(c2ccccc2)c2ccccc2)nc2ccc(Br)cn12. The lowest BCUT2D eigenvalue weighted by atomic mass is 9.98. The summed E-state index contributed by atoms with van der Waals surface area (Å²) in [6, 6.07) is 25.9. The highest BCUT2D eigenvalue weighted by molar-refractivity contribution is 9.10. The molecule has 0 unspecified atom stereocenters. The second kappa shape index (κ2) is 7.86. The number of hydrogen-bond acceptors (Lipinski definition) is 3. The molecule has 0 bridgehead atoms. The van der Waals surface area contributed by atoms with Crippen molar-refractivity contribution in [3.8, 4) is 0 Å². The van der Waals surface area contributed by atoms with Gasteiger partial charge >= 0.3 is 0 Å². The molecule has 0 aliphatic rings. The van der Waals surface area contributed by atoms with Crippen LogP contribution < -0.4 is 10.9 Å². The van der Waals surface area contributed by atoms with E-state index >= 15 is 0 Å². The topological polar surface area (TPSA) is 46.4 Å². The molecule has 4 nitrogen and oxygen atoms in total. The van der Waals surface area contributed by atoms with Crippen LogP contribution in [0.4, 0.5) is 0 Å². The van der Waals surface area contributed by atoms with Crippen molar-refractivity contribution in [3.63, 3.8) is 0 Å². The molecule has 4 rings (SSSR count). The molecule has 2 aromatic carbocycles. The van der Waals surface area contributed by atoms with Gasteiger partial charge in [0.25, 0.3) is 5.56 Å². The summed E-state index contributed by atoms with van der Waals surface area (Å²) in [6.45, 7) is 0.496. The molecule has 27 heavy (non-hydrogen) atoms. The van der Waals surface area contributed by atoms with Gasteiger partial charge in [-0.25, -0.2) is 4.98 Å². The van der Waals surface area contributed by atoms with Gasteiger partial charge in [0, 0.05) is 23.3 Å². The van der Waals surface area contributed by atoms with Crippen LogP contribution in [0.15, 0.2) is 94.3 Å². The summed E-state index contributed by atoms with van der Waals surface area (Å²) in [5.74, 6) is 0. The third-order valence-electron chi connectivity index (χ3n) is 4.43. The molecule has 0 amide bonds. The number of halogens is 1. The highest BCUT2D eigenvalue weighted by Crippen LogP contribution is 2.22. The fourth-order valence-electron chi connectivity index (χ4n) is 3.14. The summed E-state index contributed by atoms with van der Waals surface area (Å²) in [5, 5.41) is 3.55. The van der Waals surface area contributed by atoms with Crippen molar-refractivity contribution in [3.05, 3.63) is 117 Å². The van der Waals surface area contributed by atoms with Gasteiger partial charge in [0.1, 0.15) is 5.65 Å². The Morgan fingerprint density at radius 1 is 0.926 bits per heavy atom. The lowest BCUT2D eigenvalue weighted by Crippen LogP contribution is -2.24. The number of nitrogens with one attached hydrogen (secondary N) is 1. The molecule has 0 spiro atoms. The first-order valence-electron chi connectivity index (χ1n) is 8.72. The number of hydrogen-bond donors (Lipinski definition) is 1. The Labute approximate surface area is 165 Å². The molecule has 2 aromatic heterocycles. The third-order valence-corrected chi connectivity index (χ3v) is 4.90. The van der Waals surface area contributed by atoms with E-state index in [1.54, 1.807) is 16.7 Å². The van der Waals surface area contributed by atoms with Crippen LogP contribution in [-0.2, 0) is 6.54 Å². The summed E-state index contributed by atoms with van der Waals surface area (Å²) in [4.78, 5) is 17.0. The number of rotatable bonds is 5. The predicted octanol–water partition coefficient (Wildman–Crippen LogP) is 4.34. The highest BCUT2D eigenvalue weighted by atomic mass is 79.9. The highest BCUT2D eigenvalue weighted by Gasteiger charge is 2.14. The monoisotopic (exact) mass is 419 g/mol. The first kappa shape index (κ1) is 17.6. The van der Waals surface area contributed by atoms with Crippen molar-refractivity contribution in [1.82, 2.24) is 14.7 Å². The van der Waals surface area contributed by atoms with E-state index in [4.69, 9.17) is 0 Å². The van der Waals surface area contributed by atoms with Gasteiger partial charge in [-0.1, -0.05) is 60.7 Å². The summed E-state index contributed by atoms with van der Waals surface area (Å²) >= 11 is 3.39. The number of nitrogens with zero attached hydrogens (tertiary/aromatic N) is 2. The van der Waals surface area contributed by atoms with Gasteiger partial charge < -0.3 is 5.32 Å². The standard InChI is InChI=1S/C22H18BrN3O/c23-18-11-12-20-25-19(13-21(27)26(20)15-18)14-24-22(16-7-3-1-4-8-16)17-9-5-2-6-10-17/h1-13,15,22,24H,14H2. The van der Waals surface area contributed by atoms with Crippen LogP contribution in [0.2, 0.25) is 0 Å². The quantitative estimate of drug-likeness (QED) is 0.523. The molecule has 4 aromatic rings. The van der Waals surface area contributed by atoms with Crippen molar-refractivity contribution in [2.24, 2.45) is 0 Å². The van der Waals surface area contributed by atoms with E-state index in [2.05, 4.69) is 50.5 Å². The average molecular weight is 420 g/mol. The van der Waals surface area contributed by atoms with Gasteiger partial charge in [0.2, 0.25) is 0 Å². The van der Waals surface area contributed by atoms with E-state index in [1.165, 1.54) is 11.1 Å². The number of aromatic nitrogens is 2. The molecule has 0 saturated heterocycles. The second-order valence-corrected chi connectivity index (χ2v) is 7.21. The zero-order chi connectivity index (χ0) is 18.6. The molecule has 0 saturated carbocycles. The van der Waals surface area contributed by atoms with E-state index in [0.717, 1.165) is 10.2 Å². The number of pyridine rings is 1. The normalized spacial score (nSPS) is 11.2. The van der Waals surface area contributed by atoms with E-state index in [0.29, 0.717) is 12.2 Å². The van der Waals surface area contributed by atoms with Crippen LogP contribution in [0.25, 0.3) is 5.65 Å². The maximum absolute atomic E-state index is 12.4. The molecule has 0 radical (unpaired) electrons. The smallest absolute Gasteiger partial charge is 0.258 e. The molecule has 0 aliphatic carbocycles. The van der Waals surface area contributed by atoms with E-state index < -0.39 is 0 Å². The molecule has 2 heterocycles. The van der Waals surface area contributed by atoms with Crippen LogP contribution in [0, 0.1) is 0 Å². The first-order chi connectivity index (χ1) is 13.2. The van der Waals surface area contributed by atoms with Crippen LogP contribution in [-0.4, -0.2) is 9.38 Å². The van der Waals surface area contributed by atoms with Crippen molar-refractivity contribution in [1.29, 1.82) is 0 Å². The summed E-state index contributed by atoms with van der Waals surface area (Å²) in [7, 11) is 0. The molecular weight excluding hydrogens is 402 g/mol. The van der Waals surface area contributed by atoms with Crippen molar-refractivity contribution in [2.75, 3.05) is 0 Å². The zero-order valence-electron chi connectivity index (χ0n) is 14.5. The maximum atomic E-state index is 12.4. The average Bonchev–Trinajstić information content (AvgIpc) is 2.70. The van der Waals surface area contributed by atoms with Gasteiger partial charge in [-0.2, -0.15) is 0 Å². The Kier molecular flexibility index (Phi) is 5.14. The fraction of sp³-hybridized carbons (Fsp3) is 0.0909. The van der Waals surface area contributed by atoms with Gasteiger partial charge in [0.05, 0.1) is 11.7 Å². The molecule has 1 N–H and O–H groups in total. The van der Waals surface area contributed by atoms with Crippen molar-refractivity contribution < 1.29 is 0 Å². The largest absolute Gasteiger partial charge is 0.301 e. The lowest BCUT2D eigenvalue weighted by molar-refractivity contribution is 0.596. The minimum absolute atomic E-state index is 0.0255. The molecular formula is C22H18BrN3O. The lowest BCUT2D eigenvalue weighted by Gasteiger charge is -2.20. The molecule has 134 valence electrons. The minimum atomic E-state index is -0.0888. The maximum Gasteiger partial charge on any atom is 0.258 e. The number of benzene rings is 2. The summed E-state index contributed by atoms with van der Waals surface area (Å²) < 4.78 is 2.39. The Balaban J connectivity index is 1.64. The summed E-state index contributed by atoms with van der Waals surface area (Å²) in [6.07, 6.45) is 1.73. The van der Waals surface area contributed by atoms with Gasteiger partial charge in [-0.15, -0.1) is 0 Å². The fourth-order valence-corrected chi connectivity index (χ4v) is 3.48. The minimum Gasteiger partial charge on any atom is -0.301 e. The van der Waals surface area contributed by atoms with Crippen LogP contribution in [0.5, 0.6) is 0 Å². The van der Waals surface area contributed by atoms with Gasteiger partial charge in [0.15, 0.2) is 0 Å². The van der Waals surface area contributed by atoms with Crippen molar-refractivity contribution >= 4 is 21.6 Å². The van der Waals surface area contributed by atoms with E-state index in [-0.39, 0.29) is 11.6 Å². The Morgan fingerprint density at radius 2 is 1.56 bits per heavy atom. The number of fused-ring (bicyclic) bond motifs is 1. The molecule has 5 heteroatoms. The Bertz CT molecular complexity index is 1070. The van der Waals surface area contributed by atoms with Gasteiger partial charge in [-0.05, 0) is 39.2 Å². The third kappa shape index (κ3) is 3.99. The first-order valence-corrected chi connectivity index (χ1v) is 9.51. The van der Waals surface area contributed by atoms with Gasteiger partial charge in [-0.3, -0.25) is 9.20 Å².